The van der Waals surface area contributed by atoms with Gasteiger partial charge in [0.1, 0.15) is 16.5 Å². The number of carboxylic acid groups (broad SMARTS) is 1. The highest BCUT2D eigenvalue weighted by molar-refractivity contribution is 7.18. The van der Waals surface area contributed by atoms with Gasteiger partial charge in [-0.25, -0.2) is 9.97 Å². The summed E-state index contributed by atoms with van der Waals surface area (Å²) in [4.78, 5) is 25.1. The molecule has 22 heavy (non-hydrogen) atoms. The average Bonchev–Trinajstić information content (AvgIpc) is 2.81. The average molecular weight is 319 g/mol. The molecule has 5 nitrogen and oxygen atoms in total. The Hall–Kier alpha value is -1.69. The van der Waals surface area contributed by atoms with Crippen LogP contribution in [-0.2, 0) is 11.2 Å². The summed E-state index contributed by atoms with van der Waals surface area (Å²) in [6.07, 6.45) is 2.18. The molecule has 0 aromatic carbocycles. The van der Waals surface area contributed by atoms with E-state index in [1.807, 2.05) is 0 Å². The van der Waals surface area contributed by atoms with E-state index in [2.05, 4.69) is 30.7 Å². The van der Waals surface area contributed by atoms with Gasteiger partial charge in [-0.3, -0.25) is 4.79 Å². The van der Waals surface area contributed by atoms with Crippen LogP contribution in [0.25, 0.3) is 10.2 Å². The van der Waals surface area contributed by atoms with Crippen molar-refractivity contribution < 1.29 is 9.90 Å². The van der Waals surface area contributed by atoms with E-state index in [0.29, 0.717) is 12.8 Å². The molecule has 3 heterocycles. The Morgan fingerprint density at radius 2 is 2.00 bits per heavy atom. The Labute approximate surface area is 134 Å². The molecule has 0 atom stereocenters. The van der Waals surface area contributed by atoms with Crippen LogP contribution in [0.5, 0.6) is 0 Å². The fourth-order valence-electron chi connectivity index (χ4n) is 3.00. The van der Waals surface area contributed by atoms with Gasteiger partial charge in [0.2, 0.25) is 0 Å². The Morgan fingerprint density at radius 3 is 2.59 bits per heavy atom. The summed E-state index contributed by atoms with van der Waals surface area (Å²) in [7, 11) is 0. The first-order valence-corrected chi connectivity index (χ1v) is 8.57. The van der Waals surface area contributed by atoms with Crippen LogP contribution in [0, 0.1) is 19.8 Å². The molecule has 6 heteroatoms. The van der Waals surface area contributed by atoms with E-state index in [4.69, 9.17) is 10.1 Å². The van der Waals surface area contributed by atoms with Crippen LogP contribution in [0.1, 0.15) is 36.0 Å². The van der Waals surface area contributed by atoms with Crippen LogP contribution < -0.4 is 4.90 Å². The maximum atomic E-state index is 11.1. The molecule has 1 aliphatic heterocycles. The first-order valence-electron chi connectivity index (χ1n) is 7.75. The van der Waals surface area contributed by atoms with Crippen molar-refractivity contribution >= 4 is 33.3 Å². The fourth-order valence-corrected chi connectivity index (χ4v) is 4.04. The van der Waals surface area contributed by atoms with Crippen LogP contribution in [0.15, 0.2) is 0 Å². The number of anilines is 1. The van der Waals surface area contributed by atoms with Gasteiger partial charge in [-0.1, -0.05) is 6.92 Å². The van der Waals surface area contributed by atoms with Crippen molar-refractivity contribution in [3.63, 3.8) is 0 Å². The molecule has 1 fully saturated rings. The molecule has 2 aromatic heterocycles. The molecule has 0 aliphatic carbocycles. The maximum Gasteiger partial charge on any atom is 0.306 e. The number of piperidine rings is 1. The van der Waals surface area contributed by atoms with Gasteiger partial charge in [0.05, 0.1) is 11.3 Å². The number of aromatic nitrogens is 2. The smallest absolute Gasteiger partial charge is 0.306 e. The minimum absolute atomic E-state index is 0.218. The van der Waals surface area contributed by atoms with Crippen molar-refractivity contribution in [3.8, 4) is 0 Å². The predicted molar refractivity (Wildman–Crippen MR) is 88.8 cm³/mol. The maximum absolute atomic E-state index is 11.1. The number of hydrogen-bond donors (Lipinski definition) is 1. The van der Waals surface area contributed by atoms with Gasteiger partial charge < -0.3 is 10.0 Å². The number of aliphatic carboxylic acids is 1. The van der Waals surface area contributed by atoms with E-state index >= 15 is 0 Å². The van der Waals surface area contributed by atoms with Crippen molar-refractivity contribution in [2.45, 2.75) is 40.0 Å². The van der Waals surface area contributed by atoms with Crippen molar-refractivity contribution in [1.29, 1.82) is 0 Å². The SMILES string of the molecule is CCc1nc(N2CCC(C(=O)O)CC2)c2c(C)c(C)sc2n1. The lowest BCUT2D eigenvalue weighted by atomic mass is 9.97. The number of carboxylic acids is 1. The lowest BCUT2D eigenvalue weighted by Gasteiger charge is -2.31. The Bertz CT molecular complexity index is 718. The van der Waals surface area contributed by atoms with E-state index in [1.54, 1.807) is 11.3 Å². The molecule has 0 unspecified atom stereocenters. The molecular weight excluding hydrogens is 298 g/mol. The Kier molecular flexibility index (Phi) is 4.04. The van der Waals surface area contributed by atoms with Crippen LogP contribution in [0.2, 0.25) is 0 Å². The summed E-state index contributed by atoms with van der Waals surface area (Å²) < 4.78 is 0. The second-order valence-corrected chi connectivity index (χ2v) is 7.08. The summed E-state index contributed by atoms with van der Waals surface area (Å²) in [6.45, 7) is 7.81. The highest BCUT2D eigenvalue weighted by Crippen LogP contribution is 2.36. The molecule has 118 valence electrons. The predicted octanol–water partition coefficient (Wildman–Crippen LogP) is 3.17. The Morgan fingerprint density at radius 1 is 1.32 bits per heavy atom. The summed E-state index contributed by atoms with van der Waals surface area (Å²) in [5.41, 5.74) is 1.25. The summed E-state index contributed by atoms with van der Waals surface area (Å²) in [5, 5.41) is 10.3. The minimum atomic E-state index is -0.677. The summed E-state index contributed by atoms with van der Waals surface area (Å²) >= 11 is 1.72. The topological polar surface area (TPSA) is 66.3 Å². The fraction of sp³-hybridized carbons (Fsp3) is 0.562. The quantitative estimate of drug-likeness (QED) is 0.941. The van der Waals surface area contributed by atoms with Gasteiger partial charge in [0.25, 0.3) is 0 Å². The molecule has 0 spiro atoms. The second-order valence-electron chi connectivity index (χ2n) is 5.88. The molecule has 1 aliphatic rings. The number of aryl methyl sites for hydroxylation is 3. The summed E-state index contributed by atoms with van der Waals surface area (Å²) in [5.74, 6) is 0.963. The molecular formula is C16H21N3O2S. The lowest BCUT2D eigenvalue weighted by molar-refractivity contribution is -0.142. The molecule has 0 bridgehead atoms. The minimum Gasteiger partial charge on any atom is -0.481 e. The normalized spacial score (nSPS) is 16.4. The third-order valence-corrected chi connectivity index (χ3v) is 5.62. The van der Waals surface area contributed by atoms with Crippen LogP contribution in [0.3, 0.4) is 0 Å². The zero-order valence-electron chi connectivity index (χ0n) is 13.2. The largest absolute Gasteiger partial charge is 0.481 e. The molecule has 0 amide bonds. The highest BCUT2D eigenvalue weighted by Gasteiger charge is 2.27. The molecule has 3 rings (SSSR count). The molecule has 2 aromatic rings. The van der Waals surface area contributed by atoms with Crippen molar-refractivity contribution in [2.75, 3.05) is 18.0 Å². The molecule has 0 radical (unpaired) electrons. The number of rotatable bonds is 3. The first kappa shape index (κ1) is 15.2. The highest BCUT2D eigenvalue weighted by atomic mass is 32.1. The van der Waals surface area contributed by atoms with Gasteiger partial charge in [-0.15, -0.1) is 11.3 Å². The summed E-state index contributed by atoms with van der Waals surface area (Å²) in [6, 6.07) is 0. The lowest BCUT2D eigenvalue weighted by Crippen LogP contribution is -2.37. The number of carbonyl (C=O) groups is 1. The number of hydrogen-bond acceptors (Lipinski definition) is 5. The van der Waals surface area contributed by atoms with E-state index < -0.39 is 5.97 Å². The first-order chi connectivity index (χ1) is 10.5. The zero-order chi connectivity index (χ0) is 15.9. The zero-order valence-corrected chi connectivity index (χ0v) is 14.0. The van der Waals surface area contributed by atoms with E-state index in [-0.39, 0.29) is 5.92 Å². The van der Waals surface area contributed by atoms with Crippen LogP contribution in [-0.4, -0.2) is 34.1 Å². The van der Waals surface area contributed by atoms with Gasteiger partial charge in [-0.2, -0.15) is 0 Å². The van der Waals surface area contributed by atoms with Crippen molar-refractivity contribution in [3.05, 3.63) is 16.3 Å². The standard InChI is InChI=1S/C16H21N3O2S/c1-4-12-17-14(13-9(2)10(3)22-15(13)18-12)19-7-5-11(6-8-19)16(20)21/h11H,4-8H2,1-3H3,(H,20,21). The Balaban J connectivity index is 2.01. The second kappa shape index (κ2) is 5.83. The van der Waals surface area contributed by atoms with Gasteiger partial charge in [0, 0.05) is 24.4 Å². The van der Waals surface area contributed by atoms with E-state index in [0.717, 1.165) is 41.4 Å². The van der Waals surface area contributed by atoms with Gasteiger partial charge in [0.15, 0.2) is 0 Å². The van der Waals surface area contributed by atoms with Crippen molar-refractivity contribution in [1.82, 2.24) is 9.97 Å². The number of thiophene rings is 1. The number of fused-ring (bicyclic) bond motifs is 1. The van der Waals surface area contributed by atoms with E-state index in [9.17, 15) is 4.79 Å². The third-order valence-electron chi connectivity index (χ3n) is 4.52. The van der Waals surface area contributed by atoms with Gasteiger partial charge >= 0.3 is 5.97 Å². The van der Waals surface area contributed by atoms with E-state index in [1.165, 1.54) is 10.4 Å². The van der Waals surface area contributed by atoms with Gasteiger partial charge in [-0.05, 0) is 32.3 Å². The molecule has 0 saturated carbocycles. The van der Waals surface area contributed by atoms with Crippen LogP contribution >= 0.6 is 11.3 Å². The third kappa shape index (κ3) is 2.56. The number of nitrogens with zero attached hydrogens (tertiary/aromatic N) is 3. The molecule has 1 N–H and O–H groups in total. The monoisotopic (exact) mass is 319 g/mol. The van der Waals surface area contributed by atoms with Crippen molar-refractivity contribution in [2.24, 2.45) is 5.92 Å². The molecule has 1 saturated heterocycles. The van der Waals surface area contributed by atoms with Crippen LogP contribution in [0.4, 0.5) is 5.82 Å².